The van der Waals surface area contributed by atoms with E-state index in [4.69, 9.17) is 0 Å². The number of rotatable bonds is 3. The van der Waals surface area contributed by atoms with Gasteiger partial charge in [-0.3, -0.25) is 9.19 Å². The van der Waals surface area contributed by atoms with Gasteiger partial charge in [0.25, 0.3) is 0 Å². The number of halogens is 1. The fourth-order valence-electron chi connectivity index (χ4n) is 1.62. The summed E-state index contributed by atoms with van der Waals surface area (Å²) in [4.78, 5) is 4.01. The van der Waals surface area contributed by atoms with Crippen LogP contribution in [-0.4, -0.2) is 27.5 Å². The minimum Gasteiger partial charge on any atom is -0.315 e. The topological polar surface area (TPSA) is 42.0 Å². The van der Waals surface area contributed by atoms with E-state index in [-0.39, 0.29) is 12.4 Å². The number of pyridine rings is 1. The van der Waals surface area contributed by atoms with Crippen LogP contribution in [0.2, 0.25) is 0 Å². The van der Waals surface area contributed by atoms with Gasteiger partial charge in [-0.2, -0.15) is 0 Å². The van der Waals surface area contributed by atoms with Gasteiger partial charge < -0.3 is 5.32 Å². The largest absolute Gasteiger partial charge is 0.315 e. The van der Waals surface area contributed by atoms with Crippen LogP contribution in [0.1, 0.15) is 12.0 Å². The van der Waals surface area contributed by atoms with E-state index in [1.807, 2.05) is 12.1 Å². The van der Waals surface area contributed by atoms with Crippen molar-refractivity contribution in [2.75, 3.05) is 13.1 Å². The summed E-state index contributed by atoms with van der Waals surface area (Å²) in [5, 5.41) is 3.56. The Labute approximate surface area is 98.5 Å². The Morgan fingerprint density at radius 3 is 3.07 bits per heavy atom. The van der Waals surface area contributed by atoms with Crippen molar-refractivity contribution in [3.8, 4) is 0 Å². The first kappa shape index (κ1) is 12.6. The predicted octanol–water partition coefficient (Wildman–Crippen LogP) is 1.11. The van der Waals surface area contributed by atoms with Crippen molar-refractivity contribution in [1.29, 1.82) is 0 Å². The second kappa shape index (κ2) is 6.20. The van der Waals surface area contributed by atoms with E-state index >= 15 is 0 Å². The van der Waals surface area contributed by atoms with Crippen LogP contribution in [0.3, 0.4) is 0 Å². The molecule has 1 aromatic rings. The summed E-state index contributed by atoms with van der Waals surface area (Å²) in [6.45, 7) is 1.90. The molecule has 1 aliphatic rings. The lowest BCUT2D eigenvalue weighted by Gasteiger charge is -2.07. The molecule has 84 valence electrons. The fraction of sp³-hybridized carbons (Fsp3) is 0.500. The molecule has 1 aliphatic heterocycles. The molecule has 1 fully saturated rings. The molecule has 1 N–H and O–H groups in total. The lowest BCUT2D eigenvalue weighted by molar-refractivity contribution is 0.672. The lowest BCUT2D eigenvalue weighted by Crippen LogP contribution is -2.19. The van der Waals surface area contributed by atoms with Crippen molar-refractivity contribution in [3.63, 3.8) is 0 Å². The molecular formula is C10H15ClN2OS. The zero-order valence-electron chi connectivity index (χ0n) is 8.39. The van der Waals surface area contributed by atoms with Crippen molar-refractivity contribution in [2.45, 2.75) is 17.4 Å². The van der Waals surface area contributed by atoms with Gasteiger partial charge in [-0.15, -0.1) is 12.4 Å². The average Bonchev–Trinajstić information content (AvgIpc) is 2.72. The van der Waals surface area contributed by atoms with Gasteiger partial charge in [-0.05, 0) is 24.6 Å². The van der Waals surface area contributed by atoms with Gasteiger partial charge >= 0.3 is 0 Å². The van der Waals surface area contributed by atoms with Gasteiger partial charge in [0.1, 0.15) is 0 Å². The molecule has 15 heavy (non-hydrogen) atoms. The highest BCUT2D eigenvalue weighted by molar-refractivity contribution is 7.84. The molecule has 0 saturated carbocycles. The third kappa shape index (κ3) is 3.55. The molecule has 2 heterocycles. The van der Waals surface area contributed by atoms with Crippen LogP contribution >= 0.6 is 12.4 Å². The summed E-state index contributed by atoms with van der Waals surface area (Å²) in [6, 6.07) is 3.87. The van der Waals surface area contributed by atoms with Gasteiger partial charge in [-0.25, -0.2) is 0 Å². The molecule has 0 aromatic carbocycles. The summed E-state index contributed by atoms with van der Waals surface area (Å²) in [7, 11) is -0.749. The Hall–Kier alpha value is -0.450. The third-order valence-corrected chi connectivity index (χ3v) is 4.18. The lowest BCUT2D eigenvalue weighted by atomic mass is 10.3. The van der Waals surface area contributed by atoms with Crippen molar-refractivity contribution >= 4 is 23.2 Å². The molecule has 2 atom stereocenters. The highest BCUT2D eigenvalue weighted by atomic mass is 35.5. The molecule has 1 saturated heterocycles. The molecular weight excluding hydrogens is 232 g/mol. The highest BCUT2D eigenvalue weighted by Crippen LogP contribution is 2.11. The predicted molar refractivity (Wildman–Crippen MR) is 64.6 cm³/mol. The Morgan fingerprint density at radius 1 is 1.60 bits per heavy atom. The summed E-state index contributed by atoms with van der Waals surface area (Å²) in [5.41, 5.74) is 1.07. The van der Waals surface area contributed by atoms with E-state index in [9.17, 15) is 4.21 Å². The fourth-order valence-corrected chi connectivity index (χ4v) is 3.04. The molecule has 3 nitrogen and oxygen atoms in total. The third-order valence-electron chi connectivity index (χ3n) is 2.42. The molecule has 0 amide bonds. The van der Waals surface area contributed by atoms with E-state index < -0.39 is 10.8 Å². The SMILES string of the molecule is Cl.O=S(Cc1cccnc1)C1CCNC1. The van der Waals surface area contributed by atoms with Gasteiger partial charge in [0.2, 0.25) is 0 Å². The molecule has 5 heteroatoms. The number of nitrogens with one attached hydrogen (secondary N) is 1. The first-order valence-corrected chi connectivity index (χ1v) is 6.21. The van der Waals surface area contributed by atoms with Gasteiger partial charge in [0.05, 0.1) is 5.75 Å². The monoisotopic (exact) mass is 246 g/mol. The number of hydrogen-bond acceptors (Lipinski definition) is 3. The van der Waals surface area contributed by atoms with Gasteiger partial charge in [-0.1, -0.05) is 6.07 Å². The molecule has 0 spiro atoms. The average molecular weight is 247 g/mol. The Morgan fingerprint density at radius 2 is 2.47 bits per heavy atom. The van der Waals surface area contributed by atoms with Crippen LogP contribution in [0.5, 0.6) is 0 Å². The van der Waals surface area contributed by atoms with Gasteiger partial charge in [0, 0.05) is 35.0 Å². The summed E-state index contributed by atoms with van der Waals surface area (Å²) >= 11 is 0. The molecule has 0 radical (unpaired) electrons. The Bertz CT molecular complexity index is 314. The molecule has 1 aromatic heterocycles. The molecule has 0 bridgehead atoms. The molecule has 2 rings (SSSR count). The summed E-state index contributed by atoms with van der Waals surface area (Å²) in [6.07, 6.45) is 4.57. The highest BCUT2D eigenvalue weighted by Gasteiger charge is 2.20. The van der Waals surface area contributed by atoms with E-state index in [1.165, 1.54) is 0 Å². The van der Waals surface area contributed by atoms with Crippen LogP contribution in [0.15, 0.2) is 24.5 Å². The van der Waals surface area contributed by atoms with Crippen LogP contribution in [0.25, 0.3) is 0 Å². The molecule has 0 aliphatic carbocycles. The van der Waals surface area contributed by atoms with E-state index in [1.54, 1.807) is 12.4 Å². The minimum atomic E-state index is -0.749. The second-order valence-electron chi connectivity index (χ2n) is 3.50. The maximum Gasteiger partial charge on any atom is 0.0504 e. The van der Waals surface area contributed by atoms with Crippen LogP contribution in [0.4, 0.5) is 0 Å². The van der Waals surface area contributed by atoms with Crippen molar-refractivity contribution < 1.29 is 4.21 Å². The molecule has 2 unspecified atom stereocenters. The smallest absolute Gasteiger partial charge is 0.0504 e. The summed E-state index contributed by atoms with van der Waals surface area (Å²) in [5.74, 6) is 0.639. The second-order valence-corrected chi connectivity index (χ2v) is 5.22. The maximum absolute atomic E-state index is 11.9. The van der Waals surface area contributed by atoms with E-state index in [2.05, 4.69) is 10.3 Å². The van der Waals surface area contributed by atoms with Crippen molar-refractivity contribution in [3.05, 3.63) is 30.1 Å². The van der Waals surface area contributed by atoms with Crippen LogP contribution < -0.4 is 5.32 Å². The standard InChI is InChI=1S/C10H14N2OS.ClH/c13-14(10-3-5-12-7-10)8-9-2-1-4-11-6-9;/h1-2,4,6,10,12H,3,5,7-8H2;1H. The van der Waals surface area contributed by atoms with Crippen LogP contribution in [0, 0.1) is 0 Å². The first-order valence-electron chi connectivity index (χ1n) is 4.83. The minimum absolute atomic E-state index is 0. The van der Waals surface area contributed by atoms with Crippen LogP contribution in [-0.2, 0) is 16.6 Å². The number of nitrogens with zero attached hydrogens (tertiary/aromatic N) is 1. The van der Waals surface area contributed by atoms with Crippen molar-refractivity contribution in [2.24, 2.45) is 0 Å². The zero-order chi connectivity index (χ0) is 9.80. The quantitative estimate of drug-likeness (QED) is 0.869. The zero-order valence-corrected chi connectivity index (χ0v) is 10.0. The number of aromatic nitrogens is 1. The maximum atomic E-state index is 11.9. The normalized spacial score (nSPS) is 22.0. The number of hydrogen-bond donors (Lipinski definition) is 1. The van der Waals surface area contributed by atoms with Crippen molar-refractivity contribution in [1.82, 2.24) is 10.3 Å². The van der Waals surface area contributed by atoms with Gasteiger partial charge in [0.15, 0.2) is 0 Å². The Balaban J connectivity index is 0.00000112. The Kier molecular flexibility index (Phi) is 5.22. The van der Waals surface area contributed by atoms with E-state index in [0.717, 1.165) is 25.1 Å². The summed E-state index contributed by atoms with van der Waals surface area (Å²) < 4.78 is 11.9. The first-order chi connectivity index (χ1) is 6.86. The van der Waals surface area contributed by atoms with E-state index in [0.29, 0.717) is 11.0 Å².